The van der Waals surface area contributed by atoms with Gasteiger partial charge in [0.25, 0.3) is 0 Å². The van der Waals surface area contributed by atoms with Crippen molar-refractivity contribution in [2.45, 2.75) is 13.3 Å². The first kappa shape index (κ1) is 12.7. The first-order chi connectivity index (χ1) is 8.72. The third-order valence-electron chi connectivity index (χ3n) is 3.09. The molecular formula is C15H17NO2. The minimum atomic E-state index is -0.0147. The number of hydrogen-bond acceptors (Lipinski definition) is 3. The number of pyridine rings is 1. The zero-order chi connectivity index (χ0) is 13.0. The number of aromatic nitrogens is 1. The molecule has 0 aliphatic rings. The summed E-state index contributed by atoms with van der Waals surface area (Å²) in [7, 11) is 1.65. The van der Waals surface area contributed by atoms with Gasteiger partial charge in [-0.3, -0.25) is 9.78 Å². The van der Waals surface area contributed by atoms with Crippen LogP contribution in [0.4, 0.5) is 0 Å². The van der Waals surface area contributed by atoms with Crippen LogP contribution < -0.4 is 0 Å². The average molecular weight is 243 g/mol. The smallest absolute Gasteiger partial charge is 0.165 e. The maximum absolute atomic E-state index is 12.2. The molecule has 1 heterocycles. The van der Waals surface area contributed by atoms with Gasteiger partial charge in [-0.1, -0.05) is 13.0 Å². The molecule has 0 fully saturated rings. The van der Waals surface area contributed by atoms with Crippen molar-refractivity contribution in [2.24, 2.45) is 5.92 Å². The number of hydrogen-bond donors (Lipinski definition) is 0. The van der Waals surface area contributed by atoms with E-state index in [-0.39, 0.29) is 11.7 Å². The molecule has 0 bridgehead atoms. The lowest BCUT2D eigenvalue weighted by Gasteiger charge is -2.10. The third kappa shape index (κ3) is 2.74. The van der Waals surface area contributed by atoms with E-state index in [1.54, 1.807) is 13.3 Å². The zero-order valence-electron chi connectivity index (χ0n) is 10.7. The van der Waals surface area contributed by atoms with Crippen LogP contribution >= 0.6 is 0 Å². The molecule has 0 aliphatic heterocycles. The van der Waals surface area contributed by atoms with Crippen molar-refractivity contribution in [3.05, 3.63) is 42.1 Å². The van der Waals surface area contributed by atoms with E-state index in [1.807, 2.05) is 37.3 Å². The molecular weight excluding hydrogens is 226 g/mol. The highest BCUT2D eigenvalue weighted by molar-refractivity contribution is 6.00. The lowest BCUT2D eigenvalue weighted by molar-refractivity contribution is 0.0894. The molecule has 2 rings (SSSR count). The fraction of sp³-hybridized carbons (Fsp3) is 0.333. The van der Waals surface area contributed by atoms with Gasteiger partial charge in [0.15, 0.2) is 5.78 Å². The molecule has 1 atom stereocenters. The lowest BCUT2D eigenvalue weighted by atomic mass is 9.96. The Balaban J connectivity index is 2.22. The fourth-order valence-corrected chi connectivity index (χ4v) is 1.94. The number of carbonyl (C=O) groups excluding carboxylic acids is 1. The molecule has 0 amide bonds. The van der Waals surface area contributed by atoms with Gasteiger partial charge >= 0.3 is 0 Å². The number of Topliss-reactive ketones (excluding diaryl/α,β-unsaturated/α-hetero) is 1. The molecule has 2 aromatic rings. The van der Waals surface area contributed by atoms with Gasteiger partial charge in [-0.05, 0) is 30.7 Å². The van der Waals surface area contributed by atoms with Crippen molar-refractivity contribution in [3.63, 3.8) is 0 Å². The van der Waals surface area contributed by atoms with E-state index in [1.165, 1.54) is 0 Å². The minimum absolute atomic E-state index is 0.0147. The summed E-state index contributed by atoms with van der Waals surface area (Å²) < 4.78 is 5.01. The molecule has 1 aromatic carbocycles. The van der Waals surface area contributed by atoms with E-state index in [2.05, 4.69) is 4.98 Å². The highest BCUT2D eigenvalue weighted by atomic mass is 16.5. The Morgan fingerprint density at radius 3 is 3.00 bits per heavy atom. The number of ketones is 1. The summed E-state index contributed by atoms with van der Waals surface area (Å²) in [5.41, 5.74) is 1.66. The van der Waals surface area contributed by atoms with E-state index >= 15 is 0 Å². The van der Waals surface area contributed by atoms with Crippen molar-refractivity contribution >= 4 is 16.7 Å². The predicted molar refractivity (Wildman–Crippen MR) is 71.7 cm³/mol. The second-order valence-electron chi connectivity index (χ2n) is 4.46. The Labute approximate surface area is 107 Å². The van der Waals surface area contributed by atoms with Crippen LogP contribution in [0, 0.1) is 5.92 Å². The topological polar surface area (TPSA) is 39.2 Å². The van der Waals surface area contributed by atoms with E-state index in [0.29, 0.717) is 6.61 Å². The highest BCUT2D eigenvalue weighted by Crippen LogP contribution is 2.17. The Kier molecular flexibility index (Phi) is 4.05. The monoisotopic (exact) mass is 243 g/mol. The van der Waals surface area contributed by atoms with Crippen LogP contribution in [0.5, 0.6) is 0 Å². The second-order valence-corrected chi connectivity index (χ2v) is 4.46. The van der Waals surface area contributed by atoms with Crippen LogP contribution in [-0.4, -0.2) is 24.5 Å². The SMILES string of the molecule is COCCC(C)C(=O)c1ccc2ncccc2c1. The Morgan fingerprint density at radius 2 is 2.22 bits per heavy atom. The average Bonchev–Trinajstić information content (AvgIpc) is 2.43. The molecule has 0 aliphatic carbocycles. The van der Waals surface area contributed by atoms with Gasteiger partial charge in [0.2, 0.25) is 0 Å². The predicted octanol–water partition coefficient (Wildman–Crippen LogP) is 3.09. The number of nitrogens with zero attached hydrogens (tertiary/aromatic N) is 1. The summed E-state index contributed by atoms with van der Waals surface area (Å²) in [6.07, 6.45) is 2.51. The van der Waals surface area contributed by atoms with Crippen molar-refractivity contribution in [3.8, 4) is 0 Å². The number of methoxy groups -OCH3 is 1. The third-order valence-corrected chi connectivity index (χ3v) is 3.09. The molecule has 3 heteroatoms. The van der Waals surface area contributed by atoms with Gasteiger partial charge in [0, 0.05) is 36.8 Å². The van der Waals surface area contributed by atoms with Crippen molar-refractivity contribution in [1.82, 2.24) is 4.98 Å². The zero-order valence-corrected chi connectivity index (χ0v) is 10.7. The molecule has 0 radical (unpaired) electrons. The van der Waals surface area contributed by atoms with E-state index in [9.17, 15) is 4.79 Å². The summed E-state index contributed by atoms with van der Waals surface area (Å²) in [5, 5.41) is 1.00. The van der Waals surface area contributed by atoms with Crippen LogP contribution in [0.15, 0.2) is 36.5 Å². The van der Waals surface area contributed by atoms with Gasteiger partial charge in [0.1, 0.15) is 0 Å². The normalized spacial score (nSPS) is 12.6. The molecule has 0 N–H and O–H groups in total. The number of ether oxygens (including phenoxy) is 1. The molecule has 94 valence electrons. The number of carbonyl (C=O) groups is 1. The van der Waals surface area contributed by atoms with E-state index in [4.69, 9.17) is 4.74 Å². The van der Waals surface area contributed by atoms with Gasteiger partial charge in [-0.25, -0.2) is 0 Å². The van der Waals surface area contributed by atoms with Crippen LogP contribution in [-0.2, 0) is 4.74 Å². The Hall–Kier alpha value is -1.74. The van der Waals surface area contributed by atoms with Crippen LogP contribution in [0.3, 0.4) is 0 Å². The van der Waals surface area contributed by atoms with Gasteiger partial charge in [-0.15, -0.1) is 0 Å². The van der Waals surface area contributed by atoms with Gasteiger partial charge in [-0.2, -0.15) is 0 Å². The molecule has 1 unspecified atom stereocenters. The van der Waals surface area contributed by atoms with Crippen LogP contribution in [0.2, 0.25) is 0 Å². The van der Waals surface area contributed by atoms with Crippen LogP contribution in [0.1, 0.15) is 23.7 Å². The van der Waals surface area contributed by atoms with Gasteiger partial charge in [0.05, 0.1) is 5.52 Å². The summed E-state index contributed by atoms with van der Waals surface area (Å²) in [5.74, 6) is 0.150. The van der Waals surface area contributed by atoms with Crippen molar-refractivity contribution in [1.29, 1.82) is 0 Å². The lowest BCUT2D eigenvalue weighted by Crippen LogP contribution is -2.13. The summed E-state index contributed by atoms with van der Waals surface area (Å²) in [6, 6.07) is 9.50. The quantitative estimate of drug-likeness (QED) is 0.757. The summed E-state index contributed by atoms with van der Waals surface area (Å²) >= 11 is 0. The summed E-state index contributed by atoms with van der Waals surface area (Å²) in [4.78, 5) is 16.5. The molecule has 18 heavy (non-hydrogen) atoms. The molecule has 0 saturated carbocycles. The summed E-state index contributed by atoms with van der Waals surface area (Å²) in [6.45, 7) is 2.55. The maximum atomic E-state index is 12.2. The first-order valence-corrected chi connectivity index (χ1v) is 6.10. The molecule has 0 saturated heterocycles. The van der Waals surface area contributed by atoms with E-state index in [0.717, 1.165) is 22.9 Å². The minimum Gasteiger partial charge on any atom is -0.385 e. The molecule has 3 nitrogen and oxygen atoms in total. The Morgan fingerprint density at radius 1 is 1.39 bits per heavy atom. The first-order valence-electron chi connectivity index (χ1n) is 6.10. The van der Waals surface area contributed by atoms with Gasteiger partial charge < -0.3 is 4.74 Å². The molecule has 1 aromatic heterocycles. The second kappa shape index (κ2) is 5.74. The number of benzene rings is 1. The largest absolute Gasteiger partial charge is 0.385 e. The van der Waals surface area contributed by atoms with Crippen molar-refractivity contribution < 1.29 is 9.53 Å². The molecule has 0 spiro atoms. The van der Waals surface area contributed by atoms with Crippen molar-refractivity contribution in [2.75, 3.05) is 13.7 Å². The van der Waals surface area contributed by atoms with Crippen LogP contribution in [0.25, 0.3) is 10.9 Å². The maximum Gasteiger partial charge on any atom is 0.165 e. The van der Waals surface area contributed by atoms with E-state index < -0.39 is 0 Å². The standard InChI is InChI=1S/C15H17NO2/c1-11(7-9-18-2)15(17)13-5-6-14-12(10-13)4-3-8-16-14/h3-6,8,10-11H,7,9H2,1-2H3. The Bertz CT molecular complexity index is 551. The number of fused-ring (bicyclic) bond motifs is 1. The highest BCUT2D eigenvalue weighted by Gasteiger charge is 2.15. The fourth-order valence-electron chi connectivity index (χ4n) is 1.94. The number of rotatable bonds is 5.